The number of nitrogens with zero attached hydrogens (tertiary/aromatic N) is 3. The van der Waals surface area contributed by atoms with E-state index in [2.05, 4.69) is 23.3 Å². The zero-order valence-electron chi connectivity index (χ0n) is 18.9. The van der Waals surface area contributed by atoms with Gasteiger partial charge in [-0.25, -0.2) is 0 Å². The number of esters is 1. The molecule has 1 aromatic rings. The van der Waals surface area contributed by atoms with Crippen LogP contribution in [0.5, 0.6) is 0 Å². The van der Waals surface area contributed by atoms with Crippen LogP contribution in [0.15, 0.2) is 36.4 Å². The molecule has 0 aromatic heterocycles. The molecule has 2 unspecified atom stereocenters. The summed E-state index contributed by atoms with van der Waals surface area (Å²) in [5.41, 5.74) is 2.89. The number of rotatable bonds is 4. The monoisotopic (exact) mass is 440 g/mol. The zero-order valence-corrected chi connectivity index (χ0v) is 18.9. The minimum atomic E-state index is -0.119. The van der Waals surface area contributed by atoms with Crippen LogP contribution in [0.1, 0.15) is 39.0 Å². The molecule has 2 aliphatic heterocycles. The lowest BCUT2D eigenvalue weighted by Gasteiger charge is -2.50. The Bertz CT molecular complexity index is 864. The van der Waals surface area contributed by atoms with Crippen molar-refractivity contribution in [1.29, 1.82) is 0 Å². The van der Waals surface area contributed by atoms with Crippen LogP contribution in [0.4, 0.5) is 11.4 Å². The van der Waals surface area contributed by atoms with Crippen LogP contribution < -0.4 is 10.1 Å². The van der Waals surface area contributed by atoms with E-state index in [1.54, 1.807) is 12.1 Å². The Morgan fingerprint density at radius 3 is 2.66 bits per heavy atom. The van der Waals surface area contributed by atoms with Crippen molar-refractivity contribution >= 4 is 17.3 Å². The van der Waals surface area contributed by atoms with Crippen LogP contribution in [-0.2, 0) is 9.53 Å². The Morgan fingerprint density at radius 1 is 1.25 bits per heavy atom. The quantitative estimate of drug-likeness (QED) is 0.433. The van der Waals surface area contributed by atoms with Crippen LogP contribution in [0.3, 0.4) is 0 Å². The molecule has 0 radical (unpaired) electrons. The number of hydrogen-bond acceptors (Lipinski definition) is 7. The number of carbonyl (C=O) groups is 1. The third-order valence-electron chi connectivity index (χ3n) is 8.58. The molecule has 5 atom stereocenters. The molecule has 2 saturated heterocycles. The molecule has 7 nitrogen and oxygen atoms in total. The van der Waals surface area contributed by atoms with E-state index in [0.29, 0.717) is 11.8 Å². The predicted octanol–water partition coefficient (Wildman–Crippen LogP) is 3.82. The van der Waals surface area contributed by atoms with Crippen LogP contribution in [0.2, 0.25) is 0 Å². The van der Waals surface area contributed by atoms with E-state index in [-0.39, 0.29) is 34.3 Å². The number of allylic oxidation sites excluding steroid dienone is 1. The van der Waals surface area contributed by atoms with E-state index in [9.17, 15) is 10.0 Å². The van der Waals surface area contributed by atoms with Crippen molar-refractivity contribution in [2.24, 2.45) is 23.2 Å². The molecule has 0 amide bonds. The smallest absolute Gasteiger partial charge is 0.310 e. The Morgan fingerprint density at radius 2 is 1.97 bits per heavy atom. The average Bonchev–Trinajstić information content (AvgIpc) is 3.06. The summed E-state index contributed by atoms with van der Waals surface area (Å²) in [7, 11) is 0. The topological polar surface area (TPSA) is 79.3 Å². The summed E-state index contributed by atoms with van der Waals surface area (Å²) in [6.45, 7) is 11.1. The fraction of sp³-hybridized carbons (Fsp3) is 0.640. The first-order valence-corrected chi connectivity index (χ1v) is 12.0. The number of carbonyl (C=O) groups excluding carboxylic acids is 1. The van der Waals surface area contributed by atoms with E-state index in [0.717, 1.165) is 57.7 Å². The van der Waals surface area contributed by atoms with Crippen molar-refractivity contribution in [1.82, 2.24) is 4.90 Å². The molecule has 5 rings (SSSR count). The second kappa shape index (κ2) is 8.36. The maximum Gasteiger partial charge on any atom is 0.310 e. The number of benzene rings is 1. The third-order valence-corrected chi connectivity index (χ3v) is 8.58. The Labute approximate surface area is 190 Å². The van der Waals surface area contributed by atoms with E-state index >= 15 is 0 Å². The highest BCUT2D eigenvalue weighted by Gasteiger charge is 2.55. The summed E-state index contributed by atoms with van der Waals surface area (Å²) in [6, 6.07) is 6.97. The van der Waals surface area contributed by atoms with Crippen molar-refractivity contribution in [3.05, 3.63) is 41.6 Å². The van der Waals surface area contributed by atoms with Gasteiger partial charge in [0.2, 0.25) is 0 Å². The van der Waals surface area contributed by atoms with Crippen molar-refractivity contribution in [2.45, 2.75) is 45.1 Å². The van der Waals surface area contributed by atoms with Crippen molar-refractivity contribution in [3.8, 4) is 0 Å². The highest BCUT2D eigenvalue weighted by Crippen LogP contribution is 2.56. The van der Waals surface area contributed by atoms with Gasteiger partial charge in [0, 0.05) is 44.3 Å². The Kier molecular flexibility index (Phi) is 5.68. The lowest BCUT2D eigenvalue weighted by molar-refractivity contribution is -0.146. The Hall–Kier alpha value is -2.09. The van der Waals surface area contributed by atoms with Crippen LogP contribution in [-0.4, -0.2) is 54.9 Å². The molecule has 32 heavy (non-hydrogen) atoms. The van der Waals surface area contributed by atoms with Gasteiger partial charge in [-0.15, -0.1) is 0 Å². The summed E-state index contributed by atoms with van der Waals surface area (Å²) in [6.07, 6.45) is 5.67. The van der Waals surface area contributed by atoms with Gasteiger partial charge in [-0.2, -0.15) is 0 Å². The molecule has 2 aliphatic carbocycles. The van der Waals surface area contributed by atoms with Gasteiger partial charge in [-0.05, 0) is 67.7 Å². The molecule has 1 N–H and O–H groups in total. The summed E-state index contributed by atoms with van der Waals surface area (Å²) < 4.78 is 5.93. The standard InChI is InChI=1S/C25H34N3O4/c1-17-4-3-9-25(2)15-23-20(14-22(17)25)21(24(29)32-23)16-26-10-12-27(13-11-26)18-5-7-19(8-6-18)28(30)31/h5-8,20-23,30H,1,3-4,9-16H2,2H3/q-1/t20-,21?,22?,23-,25-/m1/s1. The first kappa shape index (κ1) is 21.7. The fourth-order valence-electron chi connectivity index (χ4n) is 6.72. The number of ether oxygens (including phenoxy) is 1. The third kappa shape index (κ3) is 3.91. The highest BCUT2D eigenvalue weighted by atomic mass is 16.8. The van der Waals surface area contributed by atoms with Gasteiger partial charge in [0.1, 0.15) is 6.10 Å². The maximum atomic E-state index is 12.8. The highest BCUT2D eigenvalue weighted by molar-refractivity contribution is 5.75. The molecule has 4 fully saturated rings. The molecule has 1 aromatic carbocycles. The van der Waals surface area contributed by atoms with Gasteiger partial charge in [0.05, 0.1) is 11.6 Å². The predicted molar refractivity (Wildman–Crippen MR) is 123 cm³/mol. The van der Waals surface area contributed by atoms with Crippen LogP contribution in [0.25, 0.3) is 0 Å². The van der Waals surface area contributed by atoms with Crippen LogP contribution >= 0.6 is 0 Å². The molecule has 4 aliphatic rings. The summed E-state index contributed by atoms with van der Waals surface area (Å²) >= 11 is 0. The van der Waals surface area contributed by atoms with Crippen LogP contribution in [0, 0.1) is 28.4 Å². The molecular weight excluding hydrogens is 406 g/mol. The van der Waals surface area contributed by atoms with Crippen molar-refractivity contribution in [3.63, 3.8) is 0 Å². The summed E-state index contributed by atoms with van der Waals surface area (Å²) in [5, 5.41) is 19.9. The van der Waals surface area contributed by atoms with Gasteiger partial charge < -0.3 is 20.1 Å². The normalized spacial score (nSPS) is 35.3. The molecule has 7 heteroatoms. The van der Waals surface area contributed by atoms with E-state index in [4.69, 9.17) is 9.94 Å². The molecule has 0 bridgehead atoms. The first-order valence-electron chi connectivity index (χ1n) is 12.0. The average molecular weight is 441 g/mol. The minimum Gasteiger partial charge on any atom is -0.733 e. The lowest BCUT2D eigenvalue weighted by Crippen LogP contribution is -2.50. The van der Waals surface area contributed by atoms with E-state index in [1.807, 2.05) is 12.1 Å². The molecular formula is C25H34N3O4-. The van der Waals surface area contributed by atoms with Gasteiger partial charge in [-0.1, -0.05) is 19.1 Å². The lowest BCUT2D eigenvalue weighted by atomic mass is 9.55. The van der Waals surface area contributed by atoms with Gasteiger partial charge in [0.25, 0.3) is 0 Å². The number of hydrogen-bond donors (Lipinski definition) is 1. The zero-order chi connectivity index (χ0) is 22.5. The van der Waals surface area contributed by atoms with Gasteiger partial charge >= 0.3 is 5.97 Å². The first-order chi connectivity index (χ1) is 15.3. The second-order valence-corrected chi connectivity index (χ2v) is 10.5. The summed E-state index contributed by atoms with van der Waals surface area (Å²) in [4.78, 5) is 17.5. The summed E-state index contributed by atoms with van der Waals surface area (Å²) in [5.74, 6) is 0.808. The van der Waals surface area contributed by atoms with Crippen molar-refractivity contribution < 1.29 is 14.7 Å². The van der Waals surface area contributed by atoms with Gasteiger partial charge in [0.15, 0.2) is 0 Å². The second-order valence-electron chi connectivity index (χ2n) is 10.5. The fourth-order valence-corrected chi connectivity index (χ4v) is 6.72. The largest absolute Gasteiger partial charge is 0.733 e. The Balaban J connectivity index is 1.20. The van der Waals surface area contributed by atoms with Gasteiger partial charge in [-0.3, -0.25) is 14.9 Å². The molecule has 174 valence electrons. The van der Waals surface area contributed by atoms with E-state index in [1.165, 1.54) is 18.4 Å². The maximum absolute atomic E-state index is 12.8. The number of piperazine rings is 1. The molecule has 2 saturated carbocycles. The van der Waals surface area contributed by atoms with Crippen molar-refractivity contribution in [2.75, 3.05) is 42.9 Å². The number of fused-ring (bicyclic) bond motifs is 2. The molecule has 2 heterocycles. The minimum absolute atomic E-state index is 0.00273. The SMILES string of the molecule is C=C1CCC[C@]2(C)C[C@H]3OC(=O)C(CN4CCN(c5ccc(N([O-])O)cc5)CC4)[C@H]3CC12. The van der Waals surface area contributed by atoms with E-state index < -0.39 is 0 Å². The molecule has 0 spiro atoms. The number of anilines is 2.